The maximum Gasteiger partial charge on any atom is 0.228 e. The van der Waals surface area contributed by atoms with Gasteiger partial charge in [-0.2, -0.15) is 0 Å². The molecule has 158 valence electrons. The van der Waals surface area contributed by atoms with E-state index >= 15 is 0 Å². The fourth-order valence-corrected chi connectivity index (χ4v) is 4.57. The van der Waals surface area contributed by atoms with Gasteiger partial charge in [0, 0.05) is 76.7 Å². The van der Waals surface area contributed by atoms with Crippen LogP contribution in [0.3, 0.4) is 0 Å². The highest BCUT2D eigenvalue weighted by Gasteiger charge is 2.37. The maximum absolute atomic E-state index is 12.9. The van der Waals surface area contributed by atoms with Gasteiger partial charge in [0.05, 0.1) is 5.92 Å². The first-order valence-corrected chi connectivity index (χ1v) is 10.9. The molecule has 2 amide bonds. The van der Waals surface area contributed by atoms with Crippen molar-refractivity contribution >= 4 is 23.2 Å². The number of rotatable bonds is 4. The number of amides is 2. The molecule has 0 spiro atoms. The van der Waals surface area contributed by atoms with E-state index in [1.165, 1.54) is 5.69 Å². The van der Waals surface area contributed by atoms with Gasteiger partial charge in [-0.1, -0.05) is 6.92 Å². The Labute approximate surface area is 173 Å². The Morgan fingerprint density at radius 1 is 0.931 bits per heavy atom. The summed E-state index contributed by atoms with van der Waals surface area (Å²) in [5, 5.41) is 0. The Morgan fingerprint density at radius 3 is 2.17 bits per heavy atom. The highest BCUT2D eigenvalue weighted by atomic mass is 16.2. The van der Waals surface area contributed by atoms with Crippen LogP contribution >= 0.6 is 0 Å². The monoisotopic (exact) mass is 399 g/mol. The van der Waals surface area contributed by atoms with Crippen LogP contribution in [0.15, 0.2) is 24.3 Å². The fourth-order valence-electron chi connectivity index (χ4n) is 4.57. The van der Waals surface area contributed by atoms with Crippen molar-refractivity contribution < 1.29 is 9.59 Å². The number of carbonyl (C=O) groups is 2. The lowest BCUT2D eigenvalue weighted by Crippen LogP contribution is -2.50. The summed E-state index contributed by atoms with van der Waals surface area (Å²) in [6.07, 6.45) is 0.326. The minimum absolute atomic E-state index is 0.0582. The molecule has 3 aliphatic rings. The number of hydrogen-bond acceptors (Lipinski definition) is 5. The lowest BCUT2D eigenvalue weighted by atomic mass is 10.1. The molecule has 1 aromatic rings. The minimum Gasteiger partial charge on any atom is -0.369 e. The Hall–Kier alpha value is -2.12. The van der Waals surface area contributed by atoms with Crippen LogP contribution in [0, 0.1) is 5.92 Å². The SMILES string of the molecule is CCN1CCN(C(=O)C2CC(=O)N(c3ccc(N4CCN(C)CC4)cc3)C2)CC1. The van der Waals surface area contributed by atoms with Crippen molar-refractivity contribution in [1.82, 2.24) is 14.7 Å². The summed E-state index contributed by atoms with van der Waals surface area (Å²) >= 11 is 0. The largest absolute Gasteiger partial charge is 0.369 e. The molecule has 1 atom stereocenters. The van der Waals surface area contributed by atoms with Crippen molar-refractivity contribution in [3.63, 3.8) is 0 Å². The lowest BCUT2D eigenvalue weighted by molar-refractivity contribution is -0.137. The molecule has 0 N–H and O–H groups in total. The summed E-state index contributed by atoms with van der Waals surface area (Å²) in [5.74, 6) is -0.0125. The summed E-state index contributed by atoms with van der Waals surface area (Å²) in [6.45, 7) is 11.3. The molecule has 0 saturated carbocycles. The Balaban J connectivity index is 1.36. The third-order valence-corrected chi connectivity index (χ3v) is 6.64. The number of benzene rings is 1. The summed E-state index contributed by atoms with van der Waals surface area (Å²) < 4.78 is 0. The van der Waals surface area contributed by atoms with Crippen LogP contribution in [0.1, 0.15) is 13.3 Å². The van der Waals surface area contributed by atoms with E-state index in [9.17, 15) is 9.59 Å². The number of nitrogens with zero attached hydrogens (tertiary/aromatic N) is 5. The molecule has 3 aliphatic heterocycles. The Bertz CT molecular complexity index is 721. The average molecular weight is 400 g/mol. The van der Waals surface area contributed by atoms with Crippen molar-refractivity contribution in [2.45, 2.75) is 13.3 Å². The predicted molar refractivity (Wildman–Crippen MR) is 115 cm³/mol. The van der Waals surface area contributed by atoms with E-state index in [-0.39, 0.29) is 17.7 Å². The smallest absolute Gasteiger partial charge is 0.228 e. The molecular formula is C22H33N5O2. The summed E-state index contributed by atoms with van der Waals surface area (Å²) in [5.41, 5.74) is 2.11. The second-order valence-corrected chi connectivity index (χ2v) is 8.47. The molecule has 3 heterocycles. The second kappa shape index (κ2) is 8.71. The third kappa shape index (κ3) is 4.41. The van der Waals surface area contributed by atoms with E-state index in [1.807, 2.05) is 17.0 Å². The van der Waals surface area contributed by atoms with E-state index in [0.717, 1.165) is 64.6 Å². The van der Waals surface area contributed by atoms with Crippen molar-refractivity contribution in [2.75, 3.05) is 82.3 Å². The first kappa shape index (κ1) is 20.2. The van der Waals surface area contributed by atoms with E-state index in [2.05, 4.69) is 40.8 Å². The zero-order valence-electron chi connectivity index (χ0n) is 17.7. The first-order chi connectivity index (χ1) is 14.0. The van der Waals surface area contributed by atoms with Crippen LogP contribution in [0.2, 0.25) is 0 Å². The van der Waals surface area contributed by atoms with Crippen LogP contribution in [-0.2, 0) is 9.59 Å². The van der Waals surface area contributed by atoms with Crippen molar-refractivity contribution in [1.29, 1.82) is 0 Å². The van der Waals surface area contributed by atoms with Crippen molar-refractivity contribution in [2.24, 2.45) is 5.92 Å². The molecule has 0 radical (unpaired) electrons. The first-order valence-electron chi connectivity index (χ1n) is 10.9. The molecule has 3 fully saturated rings. The topological polar surface area (TPSA) is 50.3 Å². The number of hydrogen-bond donors (Lipinski definition) is 0. The van der Waals surface area contributed by atoms with Crippen LogP contribution in [0.4, 0.5) is 11.4 Å². The van der Waals surface area contributed by atoms with E-state index in [0.29, 0.717) is 13.0 Å². The zero-order valence-corrected chi connectivity index (χ0v) is 17.7. The average Bonchev–Trinajstić information content (AvgIpc) is 3.15. The summed E-state index contributed by atoms with van der Waals surface area (Å²) in [4.78, 5) is 36.4. The van der Waals surface area contributed by atoms with Gasteiger partial charge in [-0.05, 0) is 37.9 Å². The maximum atomic E-state index is 12.9. The molecule has 0 aromatic heterocycles. The molecule has 1 aromatic carbocycles. The van der Waals surface area contributed by atoms with E-state index in [4.69, 9.17) is 0 Å². The van der Waals surface area contributed by atoms with Crippen molar-refractivity contribution in [3.05, 3.63) is 24.3 Å². The molecule has 4 rings (SSSR count). The summed E-state index contributed by atoms with van der Waals surface area (Å²) in [6, 6.07) is 8.26. The fraction of sp³-hybridized carbons (Fsp3) is 0.636. The van der Waals surface area contributed by atoms with Gasteiger partial charge in [-0.3, -0.25) is 9.59 Å². The molecule has 0 aliphatic carbocycles. The number of anilines is 2. The van der Waals surface area contributed by atoms with Gasteiger partial charge in [0.15, 0.2) is 0 Å². The van der Waals surface area contributed by atoms with Gasteiger partial charge >= 0.3 is 0 Å². The van der Waals surface area contributed by atoms with Gasteiger partial charge in [-0.15, -0.1) is 0 Å². The van der Waals surface area contributed by atoms with Crippen LogP contribution < -0.4 is 9.80 Å². The van der Waals surface area contributed by atoms with Crippen molar-refractivity contribution in [3.8, 4) is 0 Å². The predicted octanol–water partition coefficient (Wildman–Crippen LogP) is 0.955. The Morgan fingerprint density at radius 2 is 1.55 bits per heavy atom. The highest BCUT2D eigenvalue weighted by molar-refractivity contribution is 6.00. The number of likely N-dealkylation sites (N-methyl/N-ethyl adjacent to an activating group) is 2. The molecule has 0 bridgehead atoms. The highest BCUT2D eigenvalue weighted by Crippen LogP contribution is 2.28. The van der Waals surface area contributed by atoms with Crippen LogP contribution in [0.25, 0.3) is 0 Å². The van der Waals surface area contributed by atoms with Gasteiger partial charge in [-0.25, -0.2) is 0 Å². The quantitative estimate of drug-likeness (QED) is 0.755. The Kier molecular flexibility index (Phi) is 6.06. The number of piperazine rings is 2. The molecular weight excluding hydrogens is 366 g/mol. The van der Waals surface area contributed by atoms with Gasteiger partial charge < -0.3 is 24.5 Å². The summed E-state index contributed by atoms with van der Waals surface area (Å²) in [7, 11) is 2.15. The zero-order chi connectivity index (χ0) is 20.4. The van der Waals surface area contributed by atoms with E-state index in [1.54, 1.807) is 4.90 Å². The van der Waals surface area contributed by atoms with Gasteiger partial charge in [0.1, 0.15) is 0 Å². The van der Waals surface area contributed by atoms with Gasteiger partial charge in [0.2, 0.25) is 11.8 Å². The minimum atomic E-state index is -0.215. The van der Waals surface area contributed by atoms with Crippen LogP contribution in [0.5, 0.6) is 0 Å². The normalized spacial score (nSPS) is 24.4. The second-order valence-electron chi connectivity index (χ2n) is 8.47. The molecule has 29 heavy (non-hydrogen) atoms. The lowest BCUT2D eigenvalue weighted by Gasteiger charge is -2.35. The van der Waals surface area contributed by atoms with Crippen LogP contribution in [-0.4, -0.2) is 99.0 Å². The molecule has 1 unspecified atom stereocenters. The number of carbonyl (C=O) groups excluding carboxylic acids is 2. The third-order valence-electron chi connectivity index (χ3n) is 6.64. The standard InChI is InChI=1S/C22H33N5O2/c1-3-24-10-14-26(15-11-24)22(29)18-16-21(28)27(17-18)20-6-4-19(5-7-20)25-12-8-23(2)9-13-25/h4-7,18H,3,8-17H2,1-2H3. The molecule has 7 heteroatoms. The van der Waals surface area contributed by atoms with Gasteiger partial charge in [0.25, 0.3) is 0 Å². The molecule has 3 saturated heterocycles. The van der Waals surface area contributed by atoms with E-state index < -0.39 is 0 Å². The molecule has 7 nitrogen and oxygen atoms in total.